The lowest BCUT2D eigenvalue weighted by Gasteiger charge is -2.13. The van der Waals surface area contributed by atoms with Crippen molar-refractivity contribution in [1.29, 1.82) is 0 Å². The molecule has 0 fully saturated rings. The summed E-state index contributed by atoms with van der Waals surface area (Å²) < 4.78 is 28.7. The predicted molar refractivity (Wildman–Crippen MR) is 149 cm³/mol. The molecule has 2 aromatic heterocycles. The Kier molecular flexibility index (Phi) is 7.93. The molecule has 1 atom stereocenters. The molecule has 0 saturated heterocycles. The normalized spacial score (nSPS) is 12.4. The minimum atomic E-state index is -3.93. The van der Waals surface area contributed by atoms with Gasteiger partial charge in [0.2, 0.25) is 5.91 Å². The van der Waals surface area contributed by atoms with Crippen molar-refractivity contribution in [1.82, 2.24) is 9.97 Å². The molecule has 8 nitrogen and oxygen atoms in total. The number of nitrogens with two attached hydrogens (primary N) is 1. The number of pyridine rings is 1. The SMILES string of the molecule is Cc1nc(NC(=O)[C@@H](N)C(C)C)sc1-c1cnc(Cl)c(NS(=O)(=O)c2ccc(-c3ccccc3)cc2)c1. The number of amides is 1. The van der Waals surface area contributed by atoms with E-state index >= 15 is 0 Å². The average molecular weight is 556 g/mol. The molecule has 0 unspecified atom stereocenters. The van der Waals surface area contributed by atoms with Crippen LogP contribution in [0.4, 0.5) is 10.8 Å². The number of nitrogens with zero attached hydrogens (tertiary/aromatic N) is 2. The zero-order valence-corrected chi connectivity index (χ0v) is 22.8. The smallest absolute Gasteiger partial charge is 0.261 e. The van der Waals surface area contributed by atoms with Crippen LogP contribution >= 0.6 is 22.9 Å². The van der Waals surface area contributed by atoms with Crippen LogP contribution in [0.15, 0.2) is 71.8 Å². The standard InChI is InChI=1S/C26H26ClN5O3S2/c1-15(2)22(28)25(33)31-26-30-16(3)23(36-26)19-13-21(24(27)29-14-19)32-37(34,35)20-11-9-18(10-12-20)17-7-5-4-6-8-17/h4-15,22,32H,28H2,1-3H3,(H,30,31,33)/t22-/m0/s1. The maximum atomic E-state index is 13.1. The minimum Gasteiger partial charge on any atom is -0.320 e. The molecule has 0 bridgehead atoms. The molecule has 1 amide bonds. The number of benzene rings is 2. The summed E-state index contributed by atoms with van der Waals surface area (Å²) >= 11 is 7.48. The molecule has 4 rings (SSSR count). The van der Waals surface area contributed by atoms with Gasteiger partial charge in [-0.2, -0.15) is 0 Å². The van der Waals surface area contributed by atoms with Gasteiger partial charge in [-0.05, 0) is 42.2 Å². The third kappa shape index (κ3) is 6.16. The first-order chi connectivity index (χ1) is 17.5. The molecule has 0 aliphatic rings. The van der Waals surface area contributed by atoms with Gasteiger partial charge in [-0.3, -0.25) is 9.52 Å². The Morgan fingerprint density at radius 3 is 2.32 bits per heavy atom. The van der Waals surface area contributed by atoms with Gasteiger partial charge in [0.15, 0.2) is 10.3 Å². The summed E-state index contributed by atoms with van der Waals surface area (Å²) in [6, 6.07) is 17.2. The van der Waals surface area contributed by atoms with Crippen molar-refractivity contribution in [2.24, 2.45) is 11.7 Å². The van der Waals surface area contributed by atoms with Crippen LogP contribution in [0.2, 0.25) is 5.15 Å². The molecule has 4 aromatic rings. The maximum absolute atomic E-state index is 13.1. The van der Waals surface area contributed by atoms with Gasteiger partial charge < -0.3 is 11.1 Å². The van der Waals surface area contributed by atoms with Crippen LogP contribution in [-0.4, -0.2) is 30.3 Å². The summed E-state index contributed by atoms with van der Waals surface area (Å²) in [5, 5.41) is 3.14. The molecular weight excluding hydrogens is 530 g/mol. The van der Waals surface area contributed by atoms with Crippen molar-refractivity contribution in [2.45, 2.75) is 31.7 Å². The fourth-order valence-corrected chi connectivity index (χ4v) is 5.73. The molecule has 0 saturated carbocycles. The Hall–Kier alpha value is -3.31. The molecule has 4 N–H and O–H groups in total. The van der Waals surface area contributed by atoms with E-state index < -0.39 is 16.1 Å². The second-order valence-corrected chi connectivity index (χ2v) is 11.8. The molecular formula is C26H26ClN5O3S2. The largest absolute Gasteiger partial charge is 0.320 e. The Balaban J connectivity index is 1.56. The van der Waals surface area contributed by atoms with Crippen molar-refractivity contribution in [3.05, 3.63) is 77.7 Å². The summed E-state index contributed by atoms with van der Waals surface area (Å²) in [6.45, 7) is 5.52. The highest BCUT2D eigenvalue weighted by Crippen LogP contribution is 2.36. The molecule has 192 valence electrons. The Bertz CT molecular complexity index is 1520. The Morgan fingerprint density at radius 1 is 1.03 bits per heavy atom. The molecule has 0 spiro atoms. The fourth-order valence-electron chi connectivity index (χ4n) is 3.51. The van der Waals surface area contributed by atoms with Crippen LogP contribution in [0.25, 0.3) is 21.6 Å². The van der Waals surface area contributed by atoms with E-state index in [1.807, 2.05) is 44.2 Å². The van der Waals surface area contributed by atoms with Crippen LogP contribution in [0, 0.1) is 12.8 Å². The first-order valence-electron chi connectivity index (χ1n) is 11.4. The Morgan fingerprint density at radius 2 is 1.68 bits per heavy atom. The Labute approximate surface area is 225 Å². The van der Waals surface area contributed by atoms with E-state index in [1.165, 1.54) is 17.5 Å². The zero-order valence-electron chi connectivity index (χ0n) is 20.4. The van der Waals surface area contributed by atoms with Crippen LogP contribution in [0.5, 0.6) is 0 Å². The number of aryl methyl sites for hydroxylation is 1. The maximum Gasteiger partial charge on any atom is 0.261 e. The molecule has 2 aromatic carbocycles. The first-order valence-corrected chi connectivity index (χ1v) is 14.1. The number of rotatable bonds is 8. The first kappa shape index (κ1) is 26.7. The van der Waals surface area contributed by atoms with Gasteiger partial charge in [-0.25, -0.2) is 18.4 Å². The molecule has 2 heterocycles. The van der Waals surface area contributed by atoms with E-state index in [9.17, 15) is 13.2 Å². The number of aromatic nitrogens is 2. The lowest BCUT2D eigenvalue weighted by Crippen LogP contribution is -2.39. The van der Waals surface area contributed by atoms with Gasteiger partial charge >= 0.3 is 0 Å². The van der Waals surface area contributed by atoms with Crippen molar-refractivity contribution in [2.75, 3.05) is 10.0 Å². The van der Waals surface area contributed by atoms with Crippen LogP contribution in [0.3, 0.4) is 0 Å². The van der Waals surface area contributed by atoms with Gasteiger partial charge in [0.1, 0.15) is 0 Å². The molecule has 0 radical (unpaired) electrons. The van der Waals surface area contributed by atoms with E-state index in [4.69, 9.17) is 17.3 Å². The van der Waals surface area contributed by atoms with Gasteiger partial charge in [0, 0.05) is 11.8 Å². The second kappa shape index (κ2) is 11.0. The summed E-state index contributed by atoms with van der Waals surface area (Å²) in [4.78, 5) is 21.7. The number of hydrogen-bond donors (Lipinski definition) is 3. The third-order valence-corrected chi connectivity index (χ3v) is 8.47. The highest BCUT2D eigenvalue weighted by Gasteiger charge is 2.21. The number of nitrogens with one attached hydrogen (secondary N) is 2. The van der Waals surface area contributed by atoms with E-state index in [2.05, 4.69) is 20.0 Å². The van der Waals surface area contributed by atoms with Crippen molar-refractivity contribution in [3.8, 4) is 21.6 Å². The monoisotopic (exact) mass is 555 g/mol. The highest BCUT2D eigenvalue weighted by atomic mass is 35.5. The quantitative estimate of drug-likeness (QED) is 0.244. The second-order valence-electron chi connectivity index (χ2n) is 8.75. The number of halogens is 1. The lowest BCUT2D eigenvalue weighted by molar-refractivity contribution is -0.118. The number of carbonyl (C=O) groups is 1. The number of hydrogen-bond acceptors (Lipinski definition) is 7. The fraction of sp³-hybridized carbons (Fsp3) is 0.192. The third-order valence-electron chi connectivity index (χ3n) is 5.67. The number of thiazole rings is 1. The van der Waals surface area contributed by atoms with E-state index in [1.54, 1.807) is 37.3 Å². The zero-order chi connectivity index (χ0) is 26.7. The van der Waals surface area contributed by atoms with E-state index in [0.29, 0.717) is 21.3 Å². The number of anilines is 2. The van der Waals surface area contributed by atoms with Crippen molar-refractivity contribution in [3.63, 3.8) is 0 Å². The summed E-state index contributed by atoms with van der Waals surface area (Å²) in [7, 11) is -3.93. The van der Waals surface area contributed by atoms with Gasteiger partial charge in [0.25, 0.3) is 10.0 Å². The van der Waals surface area contributed by atoms with Gasteiger partial charge in [-0.1, -0.05) is 79.2 Å². The number of sulfonamides is 1. The topological polar surface area (TPSA) is 127 Å². The van der Waals surface area contributed by atoms with E-state index in [-0.39, 0.29) is 27.6 Å². The van der Waals surface area contributed by atoms with Gasteiger partial charge in [0.05, 0.1) is 27.2 Å². The predicted octanol–water partition coefficient (Wildman–Crippen LogP) is 5.56. The lowest BCUT2D eigenvalue weighted by atomic mass is 10.1. The van der Waals surface area contributed by atoms with E-state index in [0.717, 1.165) is 11.1 Å². The van der Waals surface area contributed by atoms with Crippen LogP contribution < -0.4 is 15.8 Å². The van der Waals surface area contributed by atoms with Gasteiger partial charge in [-0.15, -0.1) is 0 Å². The number of carbonyl (C=O) groups excluding carboxylic acids is 1. The molecule has 11 heteroatoms. The molecule has 37 heavy (non-hydrogen) atoms. The van der Waals surface area contributed by atoms with Crippen LogP contribution in [-0.2, 0) is 14.8 Å². The average Bonchev–Trinajstić information content (AvgIpc) is 3.24. The molecule has 0 aliphatic heterocycles. The summed E-state index contributed by atoms with van der Waals surface area (Å²) in [5.74, 6) is -0.345. The molecule has 0 aliphatic carbocycles. The summed E-state index contributed by atoms with van der Waals surface area (Å²) in [6.07, 6.45) is 1.53. The highest BCUT2D eigenvalue weighted by molar-refractivity contribution is 7.92. The van der Waals surface area contributed by atoms with Crippen molar-refractivity contribution >= 4 is 49.7 Å². The van der Waals surface area contributed by atoms with Crippen LogP contribution in [0.1, 0.15) is 19.5 Å². The van der Waals surface area contributed by atoms with Crippen molar-refractivity contribution < 1.29 is 13.2 Å². The minimum absolute atomic E-state index is 0.00633. The summed E-state index contributed by atoms with van der Waals surface area (Å²) in [5.41, 5.74) is 9.19.